The zero-order valence-electron chi connectivity index (χ0n) is 7.04. The average molecular weight is 243 g/mol. The number of rotatable bonds is 2. The first-order chi connectivity index (χ1) is 6.13. The predicted octanol–water partition coefficient (Wildman–Crippen LogP) is 1.59. The van der Waals surface area contributed by atoms with Gasteiger partial charge in [0.25, 0.3) is 0 Å². The van der Waals surface area contributed by atoms with Crippen molar-refractivity contribution in [1.82, 2.24) is 4.98 Å². The molecule has 0 spiro atoms. The first-order valence-corrected chi connectivity index (χ1v) is 4.45. The summed E-state index contributed by atoms with van der Waals surface area (Å²) in [7, 11) is 0. The molecule has 1 aromatic rings. The van der Waals surface area contributed by atoms with Crippen LogP contribution in [0.2, 0.25) is 0 Å². The molecule has 1 rings (SSSR count). The molecule has 1 aromatic heterocycles. The van der Waals surface area contributed by atoms with Crippen LogP contribution in [0.1, 0.15) is 6.92 Å². The van der Waals surface area contributed by atoms with E-state index >= 15 is 0 Å². The fourth-order valence-electron chi connectivity index (χ4n) is 0.726. The summed E-state index contributed by atoms with van der Waals surface area (Å²) >= 11 is 3.20. The molecule has 0 aromatic carbocycles. The smallest absolute Gasteiger partial charge is 0.229 e. The number of hydrogen-bond donors (Lipinski definition) is 2. The highest BCUT2D eigenvalue weighted by Gasteiger charge is 2.02. The number of amides is 1. The number of nitrogens with one attached hydrogen (secondary N) is 1. The maximum atomic E-state index is 10.9. The van der Waals surface area contributed by atoms with Gasteiger partial charge in [0.1, 0.15) is 11.6 Å². The molecule has 69 valence electrons. The van der Waals surface area contributed by atoms with Gasteiger partial charge in [-0.3, -0.25) is 4.79 Å². The van der Waals surface area contributed by atoms with Crippen LogP contribution in [0.4, 0.5) is 11.6 Å². The number of nitrogens with two attached hydrogens (primary N) is 1. The Morgan fingerprint density at radius 2 is 2.38 bits per heavy atom. The third-order valence-corrected chi connectivity index (χ3v) is 2.06. The monoisotopic (exact) mass is 242 g/mol. The van der Waals surface area contributed by atoms with Crippen LogP contribution in [0, 0.1) is 6.42 Å². The standard InChI is InChI=1S/C8H9BrN3O/c1-2-7(13)11-6-4-3-5(9)8(10)12-6/h2-4H,1H3,(H3,10,11,12,13). The van der Waals surface area contributed by atoms with Crippen molar-refractivity contribution in [3.63, 3.8) is 0 Å². The fourth-order valence-corrected chi connectivity index (χ4v) is 0.947. The van der Waals surface area contributed by atoms with Crippen LogP contribution >= 0.6 is 15.9 Å². The van der Waals surface area contributed by atoms with Gasteiger partial charge in [-0.2, -0.15) is 0 Å². The summed E-state index contributed by atoms with van der Waals surface area (Å²) in [5, 5.41) is 2.55. The number of nitrogen functional groups attached to an aromatic ring is 1. The number of hydrogen-bond acceptors (Lipinski definition) is 3. The van der Waals surface area contributed by atoms with Gasteiger partial charge in [0.2, 0.25) is 5.91 Å². The Morgan fingerprint density at radius 1 is 1.69 bits per heavy atom. The van der Waals surface area contributed by atoms with Gasteiger partial charge >= 0.3 is 0 Å². The second-order valence-corrected chi connectivity index (χ2v) is 3.20. The molecule has 5 heteroatoms. The van der Waals surface area contributed by atoms with E-state index in [4.69, 9.17) is 5.73 Å². The summed E-state index contributed by atoms with van der Waals surface area (Å²) in [5.74, 6) is 0.604. The van der Waals surface area contributed by atoms with Gasteiger partial charge in [-0.05, 0) is 28.1 Å². The molecule has 0 saturated heterocycles. The summed E-state index contributed by atoms with van der Waals surface area (Å²) in [6, 6.07) is 3.40. The Morgan fingerprint density at radius 3 is 2.92 bits per heavy atom. The lowest BCUT2D eigenvalue weighted by Crippen LogP contribution is -2.11. The van der Waals surface area contributed by atoms with E-state index < -0.39 is 0 Å². The van der Waals surface area contributed by atoms with Crippen molar-refractivity contribution in [2.45, 2.75) is 6.92 Å². The molecule has 0 aliphatic rings. The molecule has 3 N–H and O–H groups in total. The Kier molecular flexibility index (Phi) is 3.25. The first kappa shape index (κ1) is 9.98. The van der Waals surface area contributed by atoms with Crippen LogP contribution < -0.4 is 11.1 Å². The summed E-state index contributed by atoms with van der Waals surface area (Å²) in [5.41, 5.74) is 5.52. The van der Waals surface area contributed by atoms with E-state index in [0.29, 0.717) is 16.1 Å². The van der Waals surface area contributed by atoms with Crippen molar-refractivity contribution in [3.8, 4) is 0 Å². The van der Waals surface area contributed by atoms with Gasteiger partial charge < -0.3 is 11.1 Å². The molecule has 0 unspecified atom stereocenters. The Balaban J connectivity index is 2.79. The van der Waals surface area contributed by atoms with Crippen molar-refractivity contribution in [2.75, 3.05) is 11.1 Å². The molecule has 0 aliphatic heterocycles. The van der Waals surface area contributed by atoms with E-state index in [1.807, 2.05) is 0 Å². The molecule has 1 amide bonds. The number of pyridine rings is 1. The highest BCUT2D eigenvalue weighted by molar-refractivity contribution is 9.10. The van der Waals surface area contributed by atoms with Crippen molar-refractivity contribution in [2.24, 2.45) is 0 Å². The fraction of sp³-hybridized carbons (Fsp3) is 0.125. The molecule has 13 heavy (non-hydrogen) atoms. The normalized spacial score (nSPS) is 9.69. The number of carbonyl (C=O) groups is 1. The zero-order chi connectivity index (χ0) is 9.84. The molecule has 0 fully saturated rings. The first-order valence-electron chi connectivity index (χ1n) is 3.66. The van der Waals surface area contributed by atoms with Crippen LogP contribution in [-0.2, 0) is 4.79 Å². The second kappa shape index (κ2) is 4.23. The van der Waals surface area contributed by atoms with E-state index in [-0.39, 0.29) is 5.91 Å². The number of halogens is 1. The molecular formula is C8H9BrN3O. The van der Waals surface area contributed by atoms with Crippen LogP contribution in [0.5, 0.6) is 0 Å². The topological polar surface area (TPSA) is 68.0 Å². The molecule has 0 atom stereocenters. The SMILES string of the molecule is C[CH]C(=O)Nc1ccc(Br)c(N)n1. The largest absolute Gasteiger partial charge is 0.383 e. The third kappa shape index (κ3) is 2.69. The Bertz CT molecular complexity index is 327. The van der Waals surface area contributed by atoms with Crippen molar-refractivity contribution < 1.29 is 4.79 Å². The summed E-state index contributed by atoms with van der Waals surface area (Å²) in [4.78, 5) is 14.9. The van der Waals surface area contributed by atoms with Crippen molar-refractivity contribution in [1.29, 1.82) is 0 Å². The van der Waals surface area contributed by atoms with Crippen LogP contribution in [0.15, 0.2) is 16.6 Å². The number of nitrogens with zero attached hydrogens (tertiary/aromatic N) is 1. The minimum atomic E-state index is -0.200. The Hall–Kier alpha value is -1.10. The number of aromatic nitrogens is 1. The maximum absolute atomic E-state index is 10.9. The minimum Gasteiger partial charge on any atom is -0.383 e. The number of carbonyl (C=O) groups excluding carboxylic acids is 1. The van der Waals surface area contributed by atoms with Crippen LogP contribution in [0.3, 0.4) is 0 Å². The van der Waals surface area contributed by atoms with Gasteiger partial charge in [0, 0.05) is 6.42 Å². The summed E-state index contributed by atoms with van der Waals surface area (Å²) < 4.78 is 0.714. The van der Waals surface area contributed by atoms with Crippen LogP contribution in [-0.4, -0.2) is 10.9 Å². The van der Waals surface area contributed by atoms with Crippen LogP contribution in [0.25, 0.3) is 0 Å². The van der Waals surface area contributed by atoms with E-state index in [2.05, 4.69) is 26.2 Å². The molecule has 1 radical (unpaired) electrons. The van der Waals surface area contributed by atoms with Gasteiger partial charge in [0.15, 0.2) is 0 Å². The lowest BCUT2D eigenvalue weighted by molar-refractivity contribution is -0.113. The van der Waals surface area contributed by atoms with E-state index in [1.54, 1.807) is 19.1 Å². The second-order valence-electron chi connectivity index (χ2n) is 2.34. The van der Waals surface area contributed by atoms with Gasteiger partial charge in [0.05, 0.1) is 4.47 Å². The minimum absolute atomic E-state index is 0.200. The van der Waals surface area contributed by atoms with E-state index in [0.717, 1.165) is 0 Å². The van der Waals surface area contributed by atoms with Gasteiger partial charge in [-0.1, -0.05) is 6.92 Å². The van der Waals surface area contributed by atoms with Gasteiger partial charge in [-0.25, -0.2) is 4.98 Å². The maximum Gasteiger partial charge on any atom is 0.229 e. The lowest BCUT2D eigenvalue weighted by Gasteiger charge is -2.03. The quantitative estimate of drug-likeness (QED) is 0.828. The van der Waals surface area contributed by atoms with E-state index in [9.17, 15) is 4.79 Å². The molecule has 0 aliphatic carbocycles. The van der Waals surface area contributed by atoms with Gasteiger partial charge in [-0.15, -0.1) is 0 Å². The van der Waals surface area contributed by atoms with Crippen molar-refractivity contribution in [3.05, 3.63) is 23.0 Å². The average Bonchev–Trinajstić information content (AvgIpc) is 2.11. The summed E-state index contributed by atoms with van der Waals surface area (Å²) in [6.45, 7) is 1.65. The third-order valence-electron chi connectivity index (χ3n) is 1.39. The van der Waals surface area contributed by atoms with Crippen molar-refractivity contribution >= 4 is 33.5 Å². The predicted molar refractivity (Wildman–Crippen MR) is 55.0 cm³/mol. The van der Waals surface area contributed by atoms with E-state index in [1.165, 1.54) is 6.42 Å². The molecule has 0 bridgehead atoms. The highest BCUT2D eigenvalue weighted by atomic mass is 79.9. The lowest BCUT2D eigenvalue weighted by atomic mass is 10.4. The molecular weight excluding hydrogens is 234 g/mol. The highest BCUT2D eigenvalue weighted by Crippen LogP contribution is 2.18. The Labute approximate surface area is 84.7 Å². The zero-order valence-corrected chi connectivity index (χ0v) is 8.63. The molecule has 0 saturated carbocycles. The summed E-state index contributed by atoms with van der Waals surface area (Å²) in [6.07, 6.45) is 1.42. The molecule has 4 nitrogen and oxygen atoms in total. The molecule has 1 heterocycles. The number of anilines is 2.